The molecule has 2 aromatic rings. The lowest BCUT2D eigenvalue weighted by Gasteiger charge is -2.17. The van der Waals surface area contributed by atoms with Crippen molar-refractivity contribution in [3.63, 3.8) is 0 Å². The first-order valence-corrected chi connectivity index (χ1v) is 11.0. The maximum atomic E-state index is 12.5. The molecule has 31 heavy (non-hydrogen) atoms. The summed E-state index contributed by atoms with van der Waals surface area (Å²) in [6.45, 7) is 6.16. The van der Waals surface area contributed by atoms with Gasteiger partial charge in [0.2, 0.25) is 5.91 Å². The maximum absolute atomic E-state index is 12.5. The van der Waals surface area contributed by atoms with Gasteiger partial charge < -0.3 is 20.1 Å². The van der Waals surface area contributed by atoms with Gasteiger partial charge >= 0.3 is 0 Å². The van der Waals surface area contributed by atoms with E-state index in [1.807, 2.05) is 19.1 Å². The number of nitrogens with one attached hydrogen (secondary N) is 2. The summed E-state index contributed by atoms with van der Waals surface area (Å²) >= 11 is 0. The third kappa shape index (κ3) is 5.81. The number of hydrogen-bond acceptors (Lipinski definition) is 4. The van der Waals surface area contributed by atoms with Gasteiger partial charge in [-0.25, -0.2) is 0 Å². The summed E-state index contributed by atoms with van der Waals surface area (Å²) in [5, 5.41) is 6.51. The van der Waals surface area contributed by atoms with Gasteiger partial charge in [-0.05, 0) is 69.0 Å². The number of carbonyl (C=O) groups excluding carboxylic acids is 1. The number of rotatable bonds is 8. The van der Waals surface area contributed by atoms with Crippen LogP contribution in [0.4, 0.5) is 5.69 Å². The molecule has 2 aromatic carbocycles. The van der Waals surface area contributed by atoms with Crippen LogP contribution in [0.1, 0.15) is 52.0 Å². The fourth-order valence-corrected chi connectivity index (χ4v) is 4.10. The van der Waals surface area contributed by atoms with Crippen LogP contribution in [0.3, 0.4) is 0 Å². The lowest BCUT2D eigenvalue weighted by Crippen LogP contribution is -2.31. The van der Waals surface area contributed by atoms with Crippen molar-refractivity contribution in [2.24, 2.45) is 0 Å². The molecular formula is C26H34N2O3. The lowest BCUT2D eigenvalue weighted by atomic mass is 9.98. The molecule has 0 heterocycles. The van der Waals surface area contributed by atoms with Gasteiger partial charge in [-0.1, -0.05) is 25.0 Å². The molecule has 0 unspecified atom stereocenters. The van der Waals surface area contributed by atoms with Crippen LogP contribution in [0.5, 0.6) is 11.5 Å². The molecule has 0 bridgehead atoms. The fourth-order valence-electron chi connectivity index (χ4n) is 4.10. The van der Waals surface area contributed by atoms with E-state index in [1.165, 1.54) is 12.8 Å². The molecule has 1 aliphatic carbocycles. The number of benzene rings is 2. The second kappa shape index (κ2) is 10.4. The molecule has 0 aliphatic heterocycles. The first-order chi connectivity index (χ1) is 14.9. The Labute approximate surface area is 185 Å². The fraction of sp³-hybridized carbons (Fsp3) is 0.423. The molecule has 1 amide bonds. The van der Waals surface area contributed by atoms with Gasteiger partial charge in [0, 0.05) is 35.0 Å². The zero-order chi connectivity index (χ0) is 22.4. The van der Waals surface area contributed by atoms with Gasteiger partial charge in [0.15, 0.2) is 0 Å². The number of methoxy groups -OCH3 is 2. The Balaban J connectivity index is 1.89. The molecule has 5 heteroatoms. The Bertz CT molecular complexity index is 926. The van der Waals surface area contributed by atoms with Crippen molar-refractivity contribution in [3.05, 3.63) is 48.0 Å². The van der Waals surface area contributed by atoms with Crippen molar-refractivity contribution < 1.29 is 14.3 Å². The zero-order valence-corrected chi connectivity index (χ0v) is 19.2. The van der Waals surface area contributed by atoms with Crippen molar-refractivity contribution in [1.82, 2.24) is 5.32 Å². The van der Waals surface area contributed by atoms with E-state index in [9.17, 15) is 4.79 Å². The number of hydrogen-bond donors (Lipinski definition) is 2. The molecule has 0 aromatic heterocycles. The van der Waals surface area contributed by atoms with Gasteiger partial charge in [-0.15, -0.1) is 0 Å². The van der Waals surface area contributed by atoms with E-state index in [4.69, 9.17) is 9.47 Å². The average Bonchev–Trinajstić information content (AvgIpc) is 3.25. The molecule has 1 aliphatic rings. The molecule has 0 spiro atoms. The predicted octanol–water partition coefficient (Wildman–Crippen LogP) is 5.65. The minimum atomic E-state index is -0.0530. The van der Waals surface area contributed by atoms with E-state index >= 15 is 0 Å². The minimum absolute atomic E-state index is 0.0530. The first kappa shape index (κ1) is 22.7. The van der Waals surface area contributed by atoms with Crippen molar-refractivity contribution >= 4 is 17.2 Å². The highest BCUT2D eigenvalue weighted by atomic mass is 16.5. The third-order valence-corrected chi connectivity index (χ3v) is 5.65. The highest BCUT2D eigenvalue weighted by Gasteiger charge is 2.18. The van der Waals surface area contributed by atoms with Crippen LogP contribution in [0.25, 0.3) is 16.7 Å². The second-order valence-corrected chi connectivity index (χ2v) is 8.45. The zero-order valence-electron chi connectivity index (χ0n) is 19.2. The molecule has 3 rings (SSSR count). The number of allylic oxidation sites excluding steroid dienone is 1. The van der Waals surface area contributed by atoms with Crippen LogP contribution in [0.15, 0.2) is 42.5 Å². The smallest absolute Gasteiger partial charge is 0.244 e. The second-order valence-electron chi connectivity index (χ2n) is 8.45. The Morgan fingerprint density at radius 3 is 2.26 bits per heavy atom. The maximum Gasteiger partial charge on any atom is 0.244 e. The van der Waals surface area contributed by atoms with Crippen LogP contribution in [-0.2, 0) is 4.79 Å². The van der Waals surface area contributed by atoms with Crippen LogP contribution in [0.2, 0.25) is 0 Å². The highest BCUT2D eigenvalue weighted by molar-refractivity contribution is 5.96. The lowest BCUT2D eigenvalue weighted by molar-refractivity contribution is -0.117. The van der Waals surface area contributed by atoms with Gasteiger partial charge in [0.1, 0.15) is 11.5 Å². The Morgan fingerprint density at radius 2 is 1.68 bits per heavy atom. The molecular weight excluding hydrogens is 388 g/mol. The van der Waals surface area contributed by atoms with Gasteiger partial charge in [-0.3, -0.25) is 4.79 Å². The van der Waals surface area contributed by atoms with Crippen molar-refractivity contribution in [2.45, 2.75) is 58.5 Å². The molecule has 0 radical (unpaired) electrons. The van der Waals surface area contributed by atoms with Gasteiger partial charge in [-0.2, -0.15) is 0 Å². The summed E-state index contributed by atoms with van der Waals surface area (Å²) in [6, 6.07) is 12.9. The third-order valence-electron chi connectivity index (χ3n) is 5.65. The van der Waals surface area contributed by atoms with E-state index in [1.54, 1.807) is 20.3 Å². The number of amides is 1. The number of ether oxygens (including phenoxy) is 2. The van der Waals surface area contributed by atoms with Gasteiger partial charge in [0.05, 0.1) is 14.2 Å². The number of carbonyl (C=O) groups is 1. The molecule has 0 saturated heterocycles. The summed E-state index contributed by atoms with van der Waals surface area (Å²) in [5.41, 5.74) is 4.75. The van der Waals surface area contributed by atoms with Crippen LogP contribution in [0, 0.1) is 0 Å². The van der Waals surface area contributed by atoms with Gasteiger partial charge in [0.25, 0.3) is 0 Å². The Morgan fingerprint density at radius 1 is 1.03 bits per heavy atom. The summed E-state index contributed by atoms with van der Waals surface area (Å²) < 4.78 is 11.4. The quantitative estimate of drug-likeness (QED) is 0.540. The van der Waals surface area contributed by atoms with Crippen molar-refractivity contribution in [3.8, 4) is 22.6 Å². The molecule has 1 fully saturated rings. The normalized spacial score (nSPS) is 14.6. The van der Waals surface area contributed by atoms with Crippen LogP contribution >= 0.6 is 0 Å². The van der Waals surface area contributed by atoms with E-state index in [-0.39, 0.29) is 5.91 Å². The SMILES string of the molecule is COc1cc(-c2ccc(NC(C)C)cc2)c(OC)cc1/C(C)=C/C(=O)NC1CCCC1. The van der Waals surface area contributed by atoms with E-state index < -0.39 is 0 Å². The average molecular weight is 423 g/mol. The Hall–Kier alpha value is -2.95. The van der Waals surface area contributed by atoms with Crippen LogP contribution in [-0.4, -0.2) is 32.2 Å². The molecule has 5 nitrogen and oxygen atoms in total. The van der Waals surface area contributed by atoms with Crippen LogP contribution < -0.4 is 20.1 Å². The highest BCUT2D eigenvalue weighted by Crippen LogP contribution is 2.39. The van der Waals surface area contributed by atoms with E-state index in [2.05, 4.69) is 48.7 Å². The summed E-state index contributed by atoms with van der Waals surface area (Å²) in [6.07, 6.45) is 6.16. The number of anilines is 1. The predicted molar refractivity (Wildman–Crippen MR) is 128 cm³/mol. The van der Waals surface area contributed by atoms with Crippen molar-refractivity contribution in [2.75, 3.05) is 19.5 Å². The molecule has 0 atom stereocenters. The van der Waals surface area contributed by atoms with E-state index in [0.29, 0.717) is 17.8 Å². The topological polar surface area (TPSA) is 59.6 Å². The molecule has 2 N–H and O–H groups in total. The summed E-state index contributed by atoms with van der Waals surface area (Å²) in [4.78, 5) is 12.5. The summed E-state index contributed by atoms with van der Waals surface area (Å²) in [5.74, 6) is 1.40. The Kier molecular flexibility index (Phi) is 7.61. The monoisotopic (exact) mass is 422 g/mol. The minimum Gasteiger partial charge on any atom is -0.496 e. The van der Waals surface area contributed by atoms with Crippen molar-refractivity contribution in [1.29, 1.82) is 0 Å². The largest absolute Gasteiger partial charge is 0.496 e. The summed E-state index contributed by atoms with van der Waals surface area (Å²) in [7, 11) is 3.31. The standard InChI is InChI=1S/C26H34N2O3/c1-17(2)27-21-12-10-19(11-13-21)23-16-24(30-4)22(15-25(23)31-5)18(3)14-26(29)28-20-8-6-7-9-20/h10-17,20,27H,6-9H2,1-5H3,(H,28,29)/b18-14+. The first-order valence-electron chi connectivity index (χ1n) is 11.0. The molecule has 166 valence electrons. The molecule has 1 saturated carbocycles. The van der Waals surface area contributed by atoms with E-state index in [0.717, 1.165) is 46.5 Å².